The van der Waals surface area contributed by atoms with Crippen LogP contribution in [-0.2, 0) is 19.1 Å². The van der Waals surface area contributed by atoms with Crippen molar-refractivity contribution in [2.75, 3.05) is 6.54 Å². The molecule has 0 aliphatic heterocycles. The molecule has 3 rings (SSSR count). The second-order valence-corrected chi connectivity index (χ2v) is 7.64. The van der Waals surface area contributed by atoms with Gasteiger partial charge in [0.05, 0.1) is 18.2 Å². The predicted octanol–water partition coefficient (Wildman–Crippen LogP) is 4.72. The number of aliphatic imine (C=N–C) groups is 1. The van der Waals surface area contributed by atoms with Crippen molar-refractivity contribution in [1.29, 1.82) is 0 Å². The maximum atomic E-state index is 13.1. The molecular formula is C21H30F3IN6. The van der Waals surface area contributed by atoms with E-state index in [1.54, 1.807) is 12.4 Å². The van der Waals surface area contributed by atoms with E-state index in [4.69, 9.17) is 0 Å². The first-order chi connectivity index (χ1) is 14.4. The van der Waals surface area contributed by atoms with Crippen LogP contribution in [0.5, 0.6) is 0 Å². The van der Waals surface area contributed by atoms with E-state index in [-0.39, 0.29) is 30.0 Å². The highest BCUT2D eigenvalue weighted by molar-refractivity contribution is 14.0. The van der Waals surface area contributed by atoms with Crippen LogP contribution in [0, 0.1) is 0 Å². The molecule has 31 heavy (non-hydrogen) atoms. The molecule has 6 nitrogen and oxygen atoms in total. The van der Waals surface area contributed by atoms with E-state index in [0.717, 1.165) is 31.2 Å². The average molecular weight is 550 g/mol. The standard InChI is InChI=1S/C21H29F3N6.HI/c1-3-19-29-26-14-30(19)12-11-25-20(28-18-9-4-5-10-18)27-15(2)16-7-6-8-17(13-16)21(22,23)24;/h6-8,13-15,18H,3-5,9-12H2,1-2H3,(H2,25,27,28);1H. The minimum atomic E-state index is -4.36. The molecule has 0 bridgehead atoms. The SMILES string of the molecule is CCc1nncn1CCN=C(NC1CCCC1)NC(C)c1cccc(C(F)(F)F)c1.I. The summed E-state index contributed by atoms with van der Waals surface area (Å²) in [5.74, 6) is 1.53. The number of hydrogen-bond acceptors (Lipinski definition) is 3. The minimum Gasteiger partial charge on any atom is -0.354 e. The summed E-state index contributed by atoms with van der Waals surface area (Å²) in [5, 5.41) is 14.7. The maximum absolute atomic E-state index is 13.1. The molecule has 2 N–H and O–H groups in total. The van der Waals surface area contributed by atoms with Crippen molar-refractivity contribution in [3.05, 3.63) is 47.5 Å². The fourth-order valence-electron chi connectivity index (χ4n) is 3.68. The first-order valence-corrected chi connectivity index (χ1v) is 10.5. The van der Waals surface area contributed by atoms with Gasteiger partial charge in [0, 0.05) is 19.0 Å². The summed E-state index contributed by atoms with van der Waals surface area (Å²) in [6.45, 7) is 5.03. The third kappa shape index (κ3) is 7.36. The number of aryl methyl sites for hydroxylation is 1. The summed E-state index contributed by atoms with van der Waals surface area (Å²) in [4.78, 5) is 4.67. The summed E-state index contributed by atoms with van der Waals surface area (Å²) in [7, 11) is 0. The Labute approximate surface area is 198 Å². The number of nitrogens with one attached hydrogen (secondary N) is 2. The molecule has 1 aromatic carbocycles. The number of rotatable bonds is 7. The molecule has 1 aromatic heterocycles. The van der Waals surface area contributed by atoms with Crippen molar-refractivity contribution in [1.82, 2.24) is 25.4 Å². The number of halogens is 4. The highest BCUT2D eigenvalue weighted by Gasteiger charge is 2.30. The summed E-state index contributed by atoms with van der Waals surface area (Å²) in [6.07, 6.45) is 2.63. The second-order valence-electron chi connectivity index (χ2n) is 7.64. The van der Waals surface area contributed by atoms with E-state index < -0.39 is 11.7 Å². The lowest BCUT2D eigenvalue weighted by Gasteiger charge is -2.22. The third-order valence-corrected chi connectivity index (χ3v) is 5.39. The molecule has 10 heteroatoms. The number of benzene rings is 1. The van der Waals surface area contributed by atoms with Crippen LogP contribution in [-0.4, -0.2) is 33.3 Å². The molecule has 1 atom stereocenters. The van der Waals surface area contributed by atoms with Crippen LogP contribution in [0.1, 0.15) is 62.5 Å². The van der Waals surface area contributed by atoms with Gasteiger partial charge < -0.3 is 15.2 Å². The molecule has 0 amide bonds. The Hall–Kier alpha value is -1.85. The van der Waals surface area contributed by atoms with E-state index >= 15 is 0 Å². The Morgan fingerprint density at radius 2 is 2.03 bits per heavy atom. The highest BCUT2D eigenvalue weighted by Crippen LogP contribution is 2.30. The lowest BCUT2D eigenvalue weighted by molar-refractivity contribution is -0.137. The smallest absolute Gasteiger partial charge is 0.354 e. The minimum absolute atomic E-state index is 0. The highest BCUT2D eigenvalue weighted by atomic mass is 127. The Morgan fingerprint density at radius 3 is 2.71 bits per heavy atom. The number of nitrogens with zero attached hydrogens (tertiary/aromatic N) is 4. The number of alkyl halides is 3. The van der Waals surface area contributed by atoms with E-state index in [1.807, 2.05) is 18.4 Å². The second kappa shape index (κ2) is 11.7. The topological polar surface area (TPSA) is 67.1 Å². The molecule has 1 fully saturated rings. The largest absolute Gasteiger partial charge is 0.416 e. The molecule has 172 valence electrons. The van der Waals surface area contributed by atoms with Crippen LogP contribution in [0.25, 0.3) is 0 Å². The van der Waals surface area contributed by atoms with Gasteiger partial charge >= 0.3 is 6.18 Å². The summed E-state index contributed by atoms with van der Waals surface area (Å²) < 4.78 is 41.1. The van der Waals surface area contributed by atoms with Crippen molar-refractivity contribution in [3.8, 4) is 0 Å². The van der Waals surface area contributed by atoms with E-state index in [2.05, 4.69) is 25.8 Å². The zero-order valence-electron chi connectivity index (χ0n) is 17.8. The van der Waals surface area contributed by atoms with Crippen LogP contribution in [0.15, 0.2) is 35.6 Å². The number of aromatic nitrogens is 3. The van der Waals surface area contributed by atoms with Gasteiger partial charge in [-0.2, -0.15) is 13.2 Å². The molecule has 0 saturated heterocycles. The van der Waals surface area contributed by atoms with Crippen molar-refractivity contribution in [2.24, 2.45) is 4.99 Å². The fourth-order valence-corrected chi connectivity index (χ4v) is 3.68. The molecule has 0 radical (unpaired) electrons. The van der Waals surface area contributed by atoms with E-state index in [1.165, 1.54) is 25.0 Å². The fraction of sp³-hybridized carbons (Fsp3) is 0.571. The van der Waals surface area contributed by atoms with Crippen molar-refractivity contribution >= 4 is 29.9 Å². The quantitative estimate of drug-likeness (QED) is 0.298. The van der Waals surface area contributed by atoms with Gasteiger partial charge in [-0.25, -0.2) is 0 Å². The monoisotopic (exact) mass is 550 g/mol. The molecule has 0 spiro atoms. The van der Waals surface area contributed by atoms with Crippen molar-refractivity contribution < 1.29 is 13.2 Å². The van der Waals surface area contributed by atoms with E-state index in [9.17, 15) is 13.2 Å². The first-order valence-electron chi connectivity index (χ1n) is 10.5. The average Bonchev–Trinajstić information content (AvgIpc) is 3.39. The Bertz CT molecular complexity index is 846. The molecule has 1 unspecified atom stereocenters. The van der Waals surface area contributed by atoms with Gasteiger partial charge in [-0.15, -0.1) is 34.2 Å². The molecule has 2 aromatic rings. The van der Waals surface area contributed by atoms with Crippen LogP contribution in [0.3, 0.4) is 0 Å². The first kappa shape index (κ1) is 25.4. The van der Waals surface area contributed by atoms with Crippen LogP contribution in [0.4, 0.5) is 13.2 Å². The lowest BCUT2D eigenvalue weighted by Crippen LogP contribution is -2.43. The third-order valence-electron chi connectivity index (χ3n) is 5.39. The van der Waals surface area contributed by atoms with Crippen LogP contribution >= 0.6 is 24.0 Å². The Kier molecular flexibility index (Phi) is 9.57. The summed E-state index contributed by atoms with van der Waals surface area (Å²) in [6, 6.07) is 5.44. The summed E-state index contributed by atoms with van der Waals surface area (Å²) >= 11 is 0. The molecule has 1 aliphatic carbocycles. The molecule has 1 heterocycles. The molecule has 1 aliphatic rings. The zero-order valence-corrected chi connectivity index (χ0v) is 20.2. The van der Waals surface area contributed by atoms with Gasteiger partial charge in [-0.3, -0.25) is 4.99 Å². The lowest BCUT2D eigenvalue weighted by atomic mass is 10.1. The zero-order chi connectivity index (χ0) is 21.6. The van der Waals surface area contributed by atoms with Gasteiger partial charge in [0.15, 0.2) is 5.96 Å². The summed E-state index contributed by atoms with van der Waals surface area (Å²) in [5.41, 5.74) is -0.0755. The van der Waals surface area contributed by atoms with Crippen molar-refractivity contribution in [3.63, 3.8) is 0 Å². The normalized spacial score (nSPS) is 16.1. The van der Waals surface area contributed by atoms with E-state index in [0.29, 0.717) is 30.7 Å². The van der Waals surface area contributed by atoms with Gasteiger partial charge in [-0.1, -0.05) is 31.9 Å². The van der Waals surface area contributed by atoms with Crippen molar-refractivity contribution in [2.45, 2.75) is 70.8 Å². The van der Waals surface area contributed by atoms with Gasteiger partial charge in [0.1, 0.15) is 12.2 Å². The van der Waals surface area contributed by atoms with Gasteiger partial charge in [0.25, 0.3) is 0 Å². The maximum Gasteiger partial charge on any atom is 0.416 e. The van der Waals surface area contributed by atoms with Crippen LogP contribution < -0.4 is 10.6 Å². The molecule has 1 saturated carbocycles. The Morgan fingerprint density at radius 1 is 1.29 bits per heavy atom. The Balaban J connectivity index is 0.00000341. The number of guanidine groups is 1. The van der Waals surface area contributed by atoms with Gasteiger partial charge in [0.2, 0.25) is 0 Å². The number of hydrogen-bond donors (Lipinski definition) is 2. The molecular weight excluding hydrogens is 520 g/mol. The predicted molar refractivity (Wildman–Crippen MR) is 126 cm³/mol. The van der Waals surface area contributed by atoms with Gasteiger partial charge in [-0.05, 0) is 37.5 Å². The van der Waals surface area contributed by atoms with Crippen LogP contribution in [0.2, 0.25) is 0 Å².